The number of methoxy groups -OCH3 is 2. The van der Waals surface area contributed by atoms with Crippen LogP contribution in [0.2, 0.25) is 10.0 Å². The third kappa shape index (κ3) is 3.92. The molecule has 0 amide bonds. The number of anilines is 1. The van der Waals surface area contributed by atoms with Crippen LogP contribution in [-0.4, -0.2) is 49.1 Å². The van der Waals surface area contributed by atoms with Gasteiger partial charge in [0.05, 0.1) is 29.5 Å². The zero-order chi connectivity index (χ0) is 20.4. The van der Waals surface area contributed by atoms with Crippen LogP contribution in [0.5, 0.6) is 0 Å². The topological polar surface area (TPSA) is 56.6 Å². The summed E-state index contributed by atoms with van der Waals surface area (Å²) in [5, 5.41) is 0.999. The minimum atomic E-state index is -0.106. The van der Waals surface area contributed by atoms with Gasteiger partial charge in [0.15, 0.2) is 0 Å². The van der Waals surface area contributed by atoms with Crippen molar-refractivity contribution in [1.29, 1.82) is 0 Å². The molecule has 6 nitrogen and oxygen atoms in total. The van der Waals surface area contributed by atoms with Gasteiger partial charge in [-0.25, -0.2) is 4.98 Å². The highest BCUT2D eigenvalue weighted by Crippen LogP contribution is 2.32. The fraction of sp³-hybridized carbons (Fsp3) is 0.500. The summed E-state index contributed by atoms with van der Waals surface area (Å²) in [5.41, 5.74) is 1.92. The maximum absolute atomic E-state index is 13.4. The van der Waals surface area contributed by atoms with Gasteiger partial charge in [-0.2, -0.15) is 0 Å². The van der Waals surface area contributed by atoms with Crippen LogP contribution in [0.4, 0.5) is 5.69 Å². The Morgan fingerprint density at radius 3 is 2.64 bits per heavy atom. The van der Waals surface area contributed by atoms with Gasteiger partial charge in [-0.15, -0.1) is 0 Å². The van der Waals surface area contributed by atoms with Gasteiger partial charge in [-0.1, -0.05) is 30.1 Å². The minimum absolute atomic E-state index is 0.0555. The van der Waals surface area contributed by atoms with E-state index in [4.69, 9.17) is 37.7 Å². The molecule has 0 N–H and O–H groups in total. The monoisotopic (exact) mass is 425 g/mol. The smallest absolute Gasteiger partial charge is 0.277 e. The second kappa shape index (κ2) is 8.82. The second-order valence-electron chi connectivity index (χ2n) is 6.93. The summed E-state index contributed by atoms with van der Waals surface area (Å²) < 4.78 is 12.5. The molecule has 0 bridgehead atoms. The van der Waals surface area contributed by atoms with E-state index in [0.29, 0.717) is 46.7 Å². The normalized spacial score (nSPS) is 19.4. The average Bonchev–Trinajstić information content (AvgIpc) is 3.07. The van der Waals surface area contributed by atoms with E-state index in [0.717, 1.165) is 12.1 Å². The molecule has 0 radical (unpaired) electrons. The number of ether oxygens (including phenoxy) is 2. The van der Waals surface area contributed by atoms with Crippen LogP contribution in [0.25, 0.3) is 11.4 Å². The number of hydrogen-bond donors (Lipinski definition) is 0. The number of hydrogen-bond acceptors (Lipinski definition) is 5. The molecule has 8 heteroatoms. The Morgan fingerprint density at radius 1 is 1.29 bits per heavy atom. The van der Waals surface area contributed by atoms with Crippen molar-refractivity contribution in [3.05, 3.63) is 44.3 Å². The third-order valence-electron chi connectivity index (χ3n) is 5.20. The van der Waals surface area contributed by atoms with Gasteiger partial charge in [0.1, 0.15) is 11.5 Å². The SMILES string of the molecule is CCc1nc(-c2ccc(Cl)cc2Cl)n(C)c(=O)c1N1C[C@H](OC)C[C@H]1COC. The van der Waals surface area contributed by atoms with Crippen molar-refractivity contribution in [1.82, 2.24) is 9.55 Å². The lowest BCUT2D eigenvalue weighted by Crippen LogP contribution is -2.40. The van der Waals surface area contributed by atoms with Crippen molar-refractivity contribution in [2.75, 3.05) is 32.3 Å². The molecule has 3 rings (SSSR count). The molecule has 2 heterocycles. The standard InChI is InChI=1S/C20H25Cl2N3O3/c1-5-17-18(25-10-14(28-4)9-13(25)11-27-3)20(26)24(2)19(23-17)15-7-6-12(21)8-16(15)22/h6-8,13-14H,5,9-11H2,1-4H3/t13-,14+/m0/s1. The maximum Gasteiger partial charge on any atom is 0.277 e. The first kappa shape index (κ1) is 21.1. The summed E-state index contributed by atoms with van der Waals surface area (Å²) >= 11 is 12.4. The Balaban J connectivity index is 2.14. The van der Waals surface area contributed by atoms with Gasteiger partial charge < -0.3 is 14.4 Å². The van der Waals surface area contributed by atoms with Crippen molar-refractivity contribution in [3.8, 4) is 11.4 Å². The van der Waals surface area contributed by atoms with Crippen LogP contribution in [0.3, 0.4) is 0 Å². The van der Waals surface area contributed by atoms with Crippen LogP contribution >= 0.6 is 23.2 Å². The quantitative estimate of drug-likeness (QED) is 0.707. The molecule has 0 saturated carbocycles. The highest BCUT2D eigenvalue weighted by Gasteiger charge is 2.35. The van der Waals surface area contributed by atoms with Crippen LogP contribution in [0.15, 0.2) is 23.0 Å². The van der Waals surface area contributed by atoms with Gasteiger partial charge in [-0.3, -0.25) is 9.36 Å². The van der Waals surface area contributed by atoms with E-state index >= 15 is 0 Å². The van der Waals surface area contributed by atoms with E-state index in [-0.39, 0.29) is 17.7 Å². The first-order valence-corrected chi connectivity index (χ1v) is 10.0. The van der Waals surface area contributed by atoms with E-state index < -0.39 is 0 Å². The molecule has 1 saturated heterocycles. The summed E-state index contributed by atoms with van der Waals surface area (Å²) in [5.74, 6) is 0.526. The molecule has 152 valence electrons. The van der Waals surface area contributed by atoms with Gasteiger partial charge in [-0.05, 0) is 31.0 Å². The number of nitrogens with zero attached hydrogens (tertiary/aromatic N) is 3. The Labute approximate surface area is 175 Å². The van der Waals surface area contributed by atoms with Gasteiger partial charge in [0.2, 0.25) is 0 Å². The number of benzene rings is 1. The van der Waals surface area contributed by atoms with Crippen molar-refractivity contribution < 1.29 is 9.47 Å². The predicted molar refractivity (Wildman–Crippen MR) is 113 cm³/mol. The Bertz CT molecular complexity index is 916. The van der Waals surface area contributed by atoms with Crippen LogP contribution < -0.4 is 10.5 Å². The first-order chi connectivity index (χ1) is 13.4. The van der Waals surface area contributed by atoms with Crippen molar-refractivity contribution in [2.24, 2.45) is 7.05 Å². The zero-order valence-electron chi connectivity index (χ0n) is 16.5. The van der Waals surface area contributed by atoms with Crippen LogP contribution in [0.1, 0.15) is 19.0 Å². The van der Waals surface area contributed by atoms with E-state index in [1.165, 1.54) is 0 Å². The predicted octanol–water partition coefficient (Wildman–Crippen LogP) is 3.56. The fourth-order valence-corrected chi connectivity index (χ4v) is 4.24. The molecule has 0 unspecified atom stereocenters. The highest BCUT2D eigenvalue weighted by atomic mass is 35.5. The third-order valence-corrected chi connectivity index (χ3v) is 5.75. The zero-order valence-corrected chi connectivity index (χ0v) is 18.0. The molecule has 0 spiro atoms. The Morgan fingerprint density at radius 2 is 2.04 bits per heavy atom. The summed E-state index contributed by atoms with van der Waals surface area (Å²) in [6.07, 6.45) is 1.48. The number of halogens is 2. The van der Waals surface area contributed by atoms with Crippen LogP contribution in [0, 0.1) is 0 Å². The number of rotatable bonds is 6. The Kier molecular flexibility index (Phi) is 6.65. The fourth-order valence-electron chi connectivity index (χ4n) is 3.75. The molecule has 1 fully saturated rings. The Hall–Kier alpha value is -1.60. The molecule has 0 aliphatic carbocycles. The summed E-state index contributed by atoms with van der Waals surface area (Å²) in [6.45, 7) is 3.15. The second-order valence-corrected chi connectivity index (χ2v) is 7.77. The average molecular weight is 426 g/mol. The van der Waals surface area contributed by atoms with E-state index in [9.17, 15) is 4.79 Å². The van der Waals surface area contributed by atoms with E-state index in [1.54, 1.807) is 44.0 Å². The molecule has 1 aliphatic rings. The summed E-state index contributed by atoms with van der Waals surface area (Å²) in [4.78, 5) is 20.3. The first-order valence-electron chi connectivity index (χ1n) is 9.24. The largest absolute Gasteiger partial charge is 0.383 e. The molecule has 1 aliphatic heterocycles. The molecule has 1 aromatic carbocycles. The summed E-state index contributed by atoms with van der Waals surface area (Å²) in [6, 6.07) is 5.25. The maximum atomic E-state index is 13.4. The van der Waals surface area contributed by atoms with Crippen LogP contribution in [-0.2, 0) is 22.9 Å². The van der Waals surface area contributed by atoms with Crippen molar-refractivity contribution in [2.45, 2.75) is 31.9 Å². The van der Waals surface area contributed by atoms with E-state index in [1.807, 2.05) is 6.92 Å². The van der Waals surface area contributed by atoms with Gasteiger partial charge in [0.25, 0.3) is 5.56 Å². The number of aromatic nitrogens is 2. The van der Waals surface area contributed by atoms with Crippen molar-refractivity contribution >= 4 is 28.9 Å². The molecule has 28 heavy (non-hydrogen) atoms. The summed E-state index contributed by atoms with van der Waals surface area (Å²) in [7, 11) is 5.08. The van der Waals surface area contributed by atoms with Crippen molar-refractivity contribution in [3.63, 3.8) is 0 Å². The lowest BCUT2D eigenvalue weighted by Gasteiger charge is -2.28. The van der Waals surface area contributed by atoms with E-state index in [2.05, 4.69) is 4.90 Å². The van der Waals surface area contributed by atoms with Gasteiger partial charge in [0, 0.05) is 38.4 Å². The molecule has 2 aromatic rings. The molecular weight excluding hydrogens is 401 g/mol. The lowest BCUT2D eigenvalue weighted by molar-refractivity contribution is 0.111. The molecular formula is C20H25Cl2N3O3. The van der Waals surface area contributed by atoms with Gasteiger partial charge >= 0.3 is 0 Å². The lowest BCUT2D eigenvalue weighted by atomic mass is 10.1. The molecule has 2 atom stereocenters. The highest BCUT2D eigenvalue weighted by molar-refractivity contribution is 6.36. The minimum Gasteiger partial charge on any atom is -0.383 e. The molecule has 1 aromatic heterocycles. The number of aryl methyl sites for hydroxylation is 1.